The van der Waals surface area contributed by atoms with E-state index in [0.717, 1.165) is 36.8 Å². The molecular formula is C17H21NO3. The summed E-state index contributed by atoms with van der Waals surface area (Å²) in [6, 6.07) is 9.57. The molecular weight excluding hydrogens is 266 g/mol. The fourth-order valence-corrected chi connectivity index (χ4v) is 3.14. The number of carbonyl (C=O) groups is 1. The first kappa shape index (κ1) is 14.1. The van der Waals surface area contributed by atoms with Gasteiger partial charge in [-0.1, -0.05) is 18.2 Å². The Morgan fingerprint density at radius 1 is 1.43 bits per heavy atom. The molecule has 0 radical (unpaired) electrons. The first-order valence-corrected chi connectivity index (χ1v) is 7.63. The molecule has 0 bridgehead atoms. The lowest BCUT2D eigenvalue weighted by atomic mass is 9.97. The molecule has 1 aromatic heterocycles. The monoisotopic (exact) mass is 287 g/mol. The van der Waals surface area contributed by atoms with Gasteiger partial charge in [-0.2, -0.15) is 0 Å². The van der Waals surface area contributed by atoms with Gasteiger partial charge < -0.3 is 14.4 Å². The Morgan fingerprint density at radius 2 is 2.24 bits per heavy atom. The fourth-order valence-electron chi connectivity index (χ4n) is 3.14. The van der Waals surface area contributed by atoms with Crippen LogP contribution in [0, 0.1) is 0 Å². The van der Waals surface area contributed by atoms with Crippen LogP contribution in [0.3, 0.4) is 0 Å². The number of hydrogen-bond donors (Lipinski definition) is 1. The van der Waals surface area contributed by atoms with Gasteiger partial charge in [0.05, 0.1) is 6.10 Å². The van der Waals surface area contributed by atoms with Crippen molar-refractivity contribution in [2.24, 2.45) is 0 Å². The molecule has 0 spiro atoms. The van der Waals surface area contributed by atoms with E-state index in [2.05, 4.69) is 0 Å². The average molecular weight is 287 g/mol. The molecule has 2 heterocycles. The molecule has 1 saturated heterocycles. The molecule has 0 aliphatic carbocycles. The number of aliphatic hydroxyl groups excluding tert-OH is 1. The normalized spacial score (nSPS) is 20.7. The Morgan fingerprint density at radius 3 is 3.00 bits per heavy atom. The zero-order chi connectivity index (χ0) is 14.8. The highest BCUT2D eigenvalue weighted by molar-refractivity contribution is 5.96. The van der Waals surface area contributed by atoms with E-state index < -0.39 is 0 Å². The number of amides is 1. The minimum absolute atomic E-state index is 0.0588. The van der Waals surface area contributed by atoms with Crippen LogP contribution in [0.4, 0.5) is 0 Å². The standard InChI is InChI=1S/C17H21NO3/c1-12(19)10-14-7-4-5-9-18(14)17(20)16-11-13-6-2-3-8-15(13)21-16/h2-3,6,8,11-12,14,19H,4-5,7,9-10H2,1H3. The second-order valence-electron chi connectivity index (χ2n) is 5.88. The van der Waals surface area contributed by atoms with Gasteiger partial charge in [0.2, 0.25) is 0 Å². The molecule has 21 heavy (non-hydrogen) atoms. The van der Waals surface area contributed by atoms with Crippen molar-refractivity contribution in [1.82, 2.24) is 4.90 Å². The van der Waals surface area contributed by atoms with E-state index in [9.17, 15) is 9.90 Å². The van der Waals surface area contributed by atoms with Gasteiger partial charge >= 0.3 is 0 Å². The van der Waals surface area contributed by atoms with Crippen LogP contribution in [-0.4, -0.2) is 34.6 Å². The van der Waals surface area contributed by atoms with Crippen molar-refractivity contribution in [3.63, 3.8) is 0 Å². The summed E-state index contributed by atoms with van der Waals surface area (Å²) < 4.78 is 5.68. The number of aliphatic hydroxyl groups is 1. The summed E-state index contributed by atoms with van der Waals surface area (Å²) in [5.41, 5.74) is 0.741. The van der Waals surface area contributed by atoms with Crippen LogP contribution in [0.2, 0.25) is 0 Å². The number of rotatable bonds is 3. The average Bonchev–Trinajstić information content (AvgIpc) is 2.90. The lowest BCUT2D eigenvalue weighted by Crippen LogP contribution is -2.44. The molecule has 0 saturated carbocycles. The largest absolute Gasteiger partial charge is 0.451 e. The molecule has 1 amide bonds. The number of carbonyl (C=O) groups excluding carboxylic acids is 1. The van der Waals surface area contributed by atoms with Crippen LogP contribution in [-0.2, 0) is 0 Å². The maximum absolute atomic E-state index is 12.7. The highest BCUT2D eigenvalue weighted by atomic mass is 16.3. The topological polar surface area (TPSA) is 53.7 Å². The summed E-state index contributed by atoms with van der Waals surface area (Å²) in [6.07, 6.45) is 3.32. The lowest BCUT2D eigenvalue weighted by Gasteiger charge is -2.35. The number of para-hydroxylation sites is 1. The van der Waals surface area contributed by atoms with Crippen molar-refractivity contribution in [3.05, 3.63) is 36.1 Å². The van der Waals surface area contributed by atoms with Crippen LogP contribution in [0.15, 0.2) is 34.7 Å². The third-order valence-corrected chi connectivity index (χ3v) is 4.14. The highest BCUT2D eigenvalue weighted by Gasteiger charge is 2.30. The summed E-state index contributed by atoms with van der Waals surface area (Å²) in [5.74, 6) is 0.338. The van der Waals surface area contributed by atoms with E-state index in [1.807, 2.05) is 35.2 Å². The molecule has 1 aliphatic rings. The Kier molecular flexibility index (Phi) is 3.97. The number of piperidine rings is 1. The third kappa shape index (κ3) is 2.95. The van der Waals surface area contributed by atoms with E-state index >= 15 is 0 Å². The van der Waals surface area contributed by atoms with E-state index in [1.54, 1.807) is 6.92 Å². The molecule has 2 atom stereocenters. The predicted octanol–water partition coefficient (Wildman–Crippen LogP) is 3.20. The second kappa shape index (κ2) is 5.90. The van der Waals surface area contributed by atoms with Crippen molar-refractivity contribution in [1.29, 1.82) is 0 Å². The number of hydrogen-bond acceptors (Lipinski definition) is 3. The minimum Gasteiger partial charge on any atom is -0.451 e. The maximum Gasteiger partial charge on any atom is 0.289 e. The molecule has 2 aromatic rings. The minimum atomic E-state index is -0.390. The molecule has 3 rings (SSSR count). The Balaban J connectivity index is 1.84. The van der Waals surface area contributed by atoms with Crippen LogP contribution >= 0.6 is 0 Å². The van der Waals surface area contributed by atoms with Gasteiger partial charge in [0.1, 0.15) is 5.58 Å². The van der Waals surface area contributed by atoms with Crippen molar-refractivity contribution in [3.8, 4) is 0 Å². The van der Waals surface area contributed by atoms with Crippen molar-refractivity contribution >= 4 is 16.9 Å². The number of furan rings is 1. The zero-order valence-electron chi connectivity index (χ0n) is 12.3. The van der Waals surface area contributed by atoms with Gasteiger partial charge in [0, 0.05) is 18.0 Å². The molecule has 1 fully saturated rings. The van der Waals surface area contributed by atoms with E-state index in [4.69, 9.17) is 4.42 Å². The van der Waals surface area contributed by atoms with Gasteiger partial charge in [-0.25, -0.2) is 0 Å². The molecule has 2 unspecified atom stereocenters. The molecule has 1 aliphatic heterocycles. The van der Waals surface area contributed by atoms with Gasteiger partial charge in [-0.15, -0.1) is 0 Å². The van der Waals surface area contributed by atoms with Crippen LogP contribution in [0.25, 0.3) is 11.0 Å². The quantitative estimate of drug-likeness (QED) is 0.943. The Hall–Kier alpha value is -1.81. The number of nitrogens with zero attached hydrogens (tertiary/aromatic N) is 1. The van der Waals surface area contributed by atoms with E-state index in [1.165, 1.54) is 0 Å². The summed E-state index contributed by atoms with van der Waals surface area (Å²) >= 11 is 0. The van der Waals surface area contributed by atoms with E-state index in [0.29, 0.717) is 12.2 Å². The first-order valence-electron chi connectivity index (χ1n) is 7.63. The summed E-state index contributed by atoms with van der Waals surface area (Å²) in [7, 11) is 0. The molecule has 1 N–H and O–H groups in total. The summed E-state index contributed by atoms with van der Waals surface area (Å²) in [5, 5.41) is 10.6. The second-order valence-corrected chi connectivity index (χ2v) is 5.88. The smallest absolute Gasteiger partial charge is 0.289 e. The number of benzene rings is 1. The fraction of sp³-hybridized carbons (Fsp3) is 0.471. The predicted molar refractivity (Wildman–Crippen MR) is 81.2 cm³/mol. The van der Waals surface area contributed by atoms with Gasteiger partial charge in [-0.3, -0.25) is 4.79 Å². The number of fused-ring (bicyclic) bond motifs is 1. The molecule has 112 valence electrons. The molecule has 1 aromatic carbocycles. The van der Waals surface area contributed by atoms with E-state index in [-0.39, 0.29) is 18.1 Å². The maximum atomic E-state index is 12.7. The van der Waals surface area contributed by atoms with Gasteiger partial charge in [0.15, 0.2) is 5.76 Å². The van der Waals surface area contributed by atoms with Gasteiger partial charge in [0.25, 0.3) is 5.91 Å². The third-order valence-electron chi connectivity index (χ3n) is 4.14. The van der Waals surface area contributed by atoms with Gasteiger partial charge in [-0.05, 0) is 44.7 Å². The van der Waals surface area contributed by atoms with Crippen molar-refractivity contribution in [2.45, 2.75) is 44.8 Å². The van der Waals surface area contributed by atoms with Crippen LogP contribution in [0.5, 0.6) is 0 Å². The lowest BCUT2D eigenvalue weighted by molar-refractivity contribution is 0.0487. The summed E-state index contributed by atoms with van der Waals surface area (Å²) in [4.78, 5) is 14.6. The number of likely N-dealkylation sites (tertiary alicyclic amines) is 1. The molecule has 4 nitrogen and oxygen atoms in total. The SMILES string of the molecule is CC(O)CC1CCCCN1C(=O)c1cc2ccccc2o1. The Labute approximate surface area is 124 Å². The van der Waals surface area contributed by atoms with Crippen molar-refractivity contribution < 1.29 is 14.3 Å². The van der Waals surface area contributed by atoms with Crippen LogP contribution < -0.4 is 0 Å². The first-order chi connectivity index (χ1) is 10.1. The summed E-state index contributed by atoms with van der Waals surface area (Å²) in [6.45, 7) is 2.52. The Bertz CT molecular complexity index is 599. The molecule has 4 heteroatoms. The zero-order valence-corrected chi connectivity index (χ0v) is 12.3. The highest BCUT2D eigenvalue weighted by Crippen LogP contribution is 2.26. The van der Waals surface area contributed by atoms with Crippen LogP contribution in [0.1, 0.15) is 43.2 Å². The van der Waals surface area contributed by atoms with Crippen molar-refractivity contribution in [2.75, 3.05) is 6.54 Å².